The third kappa shape index (κ3) is 4.60. The summed E-state index contributed by atoms with van der Waals surface area (Å²) >= 11 is 12.5. The van der Waals surface area contributed by atoms with Gasteiger partial charge in [-0.15, -0.1) is 0 Å². The minimum absolute atomic E-state index is 0.0957. The lowest BCUT2D eigenvalue weighted by Gasteiger charge is -2.31. The summed E-state index contributed by atoms with van der Waals surface area (Å²) < 4.78 is 7.24. The van der Waals surface area contributed by atoms with Gasteiger partial charge >= 0.3 is 0 Å². The molecule has 0 aliphatic rings. The third-order valence-electron chi connectivity index (χ3n) is 6.55. The van der Waals surface area contributed by atoms with E-state index in [0.717, 1.165) is 11.1 Å². The van der Waals surface area contributed by atoms with E-state index in [0.29, 0.717) is 49.2 Å². The maximum Gasteiger partial charge on any atom is 0.221 e. The first-order valence-corrected chi connectivity index (χ1v) is 12.5. The molecule has 1 unspecified atom stereocenters. The second-order valence-corrected chi connectivity index (χ2v) is 9.88. The Morgan fingerprint density at radius 1 is 1.05 bits per heavy atom. The minimum Gasteiger partial charge on any atom is -0.481 e. The van der Waals surface area contributed by atoms with Crippen molar-refractivity contribution in [2.75, 3.05) is 7.11 Å². The molecule has 0 saturated heterocycles. The van der Waals surface area contributed by atoms with Crippen molar-refractivity contribution in [3.05, 3.63) is 112 Å². The van der Waals surface area contributed by atoms with Crippen LogP contribution < -0.4 is 10.5 Å². The van der Waals surface area contributed by atoms with Crippen LogP contribution in [0.2, 0.25) is 10.0 Å². The van der Waals surface area contributed by atoms with Gasteiger partial charge in [0.05, 0.1) is 37.3 Å². The van der Waals surface area contributed by atoms with E-state index in [1.807, 2.05) is 24.3 Å². The van der Waals surface area contributed by atoms with Gasteiger partial charge in [-0.1, -0.05) is 47.5 Å². The number of hydrogen-bond acceptors (Lipinski definition) is 5. The highest BCUT2D eigenvalue weighted by atomic mass is 35.5. The van der Waals surface area contributed by atoms with Gasteiger partial charge in [0.15, 0.2) is 5.60 Å². The SMILES string of the molecule is COc1cc(-c2cccc(Cl)c2)c2cc(C(O)(c3ccc(Cl)cc3)c3cncn3C)cc(CC(N)=O)c2n1. The van der Waals surface area contributed by atoms with Gasteiger partial charge in [0, 0.05) is 28.5 Å². The predicted octanol–water partition coefficient (Wildman–Crippen LogP) is 5.26. The van der Waals surface area contributed by atoms with E-state index in [1.54, 1.807) is 66.6 Å². The monoisotopic (exact) mass is 546 g/mol. The number of rotatable bonds is 7. The molecule has 0 saturated carbocycles. The van der Waals surface area contributed by atoms with Crippen molar-refractivity contribution in [1.29, 1.82) is 0 Å². The van der Waals surface area contributed by atoms with Gasteiger partial charge in [0.1, 0.15) is 0 Å². The van der Waals surface area contributed by atoms with Crippen LogP contribution in [0, 0.1) is 0 Å². The number of carbonyl (C=O) groups is 1. The van der Waals surface area contributed by atoms with E-state index in [1.165, 1.54) is 7.11 Å². The Morgan fingerprint density at radius 3 is 2.45 bits per heavy atom. The summed E-state index contributed by atoms with van der Waals surface area (Å²) in [6, 6.07) is 19.8. The normalized spacial score (nSPS) is 12.9. The lowest BCUT2D eigenvalue weighted by atomic mass is 9.81. The predicted molar refractivity (Wildman–Crippen MR) is 148 cm³/mol. The highest BCUT2D eigenvalue weighted by molar-refractivity contribution is 6.31. The molecular formula is C29H24Cl2N4O3. The number of benzene rings is 3. The fourth-order valence-electron chi connectivity index (χ4n) is 4.77. The maximum atomic E-state index is 12.5. The molecule has 0 radical (unpaired) electrons. The number of hydrogen-bond donors (Lipinski definition) is 2. The number of imidazole rings is 1. The maximum absolute atomic E-state index is 12.5. The Balaban J connectivity index is 1.90. The number of pyridine rings is 1. The van der Waals surface area contributed by atoms with Gasteiger partial charge in [-0.2, -0.15) is 0 Å². The number of ether oxygens (including phenoxy) is 1. The molecule has 0 aliphatic heterocycles. The van der Waals surface area contributed by atoms with Crippen LogP contribution in [0.3, 0.4) is 0 Å². The molecule has 1 atom stereocenters. The number of methoxy groups -OCH3 is 1. The Bertz CT molecular complexity index is 1670. The van der Waals surface area contributed by atoms with Crippen molar-refractivity contribution in [2.24, 2.45) is 12.8 Å². The van der Waals surface area contributed by atoms with Crippen LogP contribution in [0.1, 0.15) is 22.4 Å². The Hall–Kier alpha value is -3.91. The number of nitrogens with zero attached hydrogens (tertiary/aromatic N) is 3. The molecule has 0 aliphatic carbocycles. The molecule has 0 bridgehead atoms. The summed E-state index contributed by atoms with van der Waals surface area (Å²) in [4.78, 5) is 21.1. The molecule has 3 N–H and O–H groups in total. The van der Waals surface area contributed by atoms with Crippen LogP contribution in [0.4, 0.5) is 0 Å². The number of aromatic nitrogens is 3. The zero-order chi connectivity index (χ0) is 27.0. The molecule has 5 rings (SSSR count). The number of halogens is 2. The van der Waals surface area contributed by atoms with Gasteiger partial charge in [0.25, 0.3) is 0 Å². The molecule has 38 heavy (non-hydrogen) atoms. The molecule has 2 heterocycles. The van der Waals surface area contributed by atoms with Crippen molar-refractivity contribution >= 4 is 40.0 Å². The van der Waals surface area contributed by atoms with Crippen LogP contribution in [-0.4, -0.2) is 32.7 Å². The number of nitrogens with two attached hydrogens (primary N) is 1. The number of primary amides is 1. The molecular weight excluding hydrogens is 523 g/mol. The summed E-state index contributed by atoms with van der Waals surface area (Å²) in [7, 11) is 3.33. The molecule has 7 nitrogen and oxygen atoms in total. The van der Waals surface area contributed by atoms with Crippen molar-refractivity contribution in [3.63, 3.8) is 0 Å². The van der Waals surface area contributed by atoms with E-state index in [9.17, 15) is 9.90 Å². The Morgan fingerprint density at radius 2 is 1.82 bits per heavy atom. The van der Waals surface area contributed by atoms with E-state index < -0.39 is 11.5 Å². The highest BCUT2D eigenvalue weighted by Crippen LogP contribution is 2.41. The summed E-state index contributed by atoms with van der Waals surface area (Å²) in [6.07, 6.45) is 3.13. The molecule has 1 amide bonds. The lowest BCUT2D eigenvalue weighted by Crippen LogP contribution is -2.31. The number of fused-ring (bicyclic) bond motifs is 1. The lowest BCUT2D eigenvalue weighted by molar-refractivity contribution is -0.117. The standard InChI is InChI=1S/C29H24Cl2N4O3/c1-35-16-33-15-25(35)29(37,19-6-8-21(30)9-7-19)20-10-18(12-26(32)36)28-24(13-20)23(14-27(34-28)38-2)17-4-3-5-22(31)11-17/h3-11,13-16,37H,12H2,1-2H3,(H2,32,36). The first-order valence-electron chi connectivity index (χ1n) is 11.7. The second-order valence-electron chi connectivity index (χ2n) is 9.00. The average molecular weight is 547 g/mol. The van der Waals surface area contributed by atoms with Crippen LogP contribution in [0.5, 0.6) is 5.88 Å². The molecule has 3 aromatic carbocycles. The molecule has 2 aromatic heterocycles. The quantitative estimate of drug-likeness (QED) is 0.289. The Kier molecular flexibility index (Phi) is 6.84. The fourth-order valence-corrected chi connectivity index (χ4v) is 5.08. The van der Waals surface area contributed by atoms with Crippen LogP contribution in [-0.2, 0) is 23.9 Å². The van der Waals surface area contributed by atoms with Gasteiger partial charge < -0.3 is 20.1 Å². The number of carbonyl (C=O) groups excluding carboxylic acids is 1. The van der Waals surface area contributed by atoms with Crippen LogP contribution in [0.25, 0.3) is 22.0 Å². The zero-order valence-electron chi connectivity index (χ0n) is 20.7. The third-order valence-corrected chi connectivity index (χ3v) is 7.03. The number of aryl methyl sites for hydroxylation is 1. The summed E-state index contributed by atoms with van der Waals surface area (Å²) in [5.41, 5.74) is 8.26. The van der Waals surface area contributed by atoms with E-state index >= 15 is 0 Å². The summed E-state index contributed by atoms with van der Waals surface area (Å²) in [5, 5.41) is 14.3. The van der Waals surface area contributed by atoms with E-state index in [2.05, 4.69) is 9.97 Å². The van der Waals surface area contributed by atoms with Gasteiger partial charge in [-0.3, -0.25) is 4.79 Å². The van der Waals surface area contributed by atoms with Crippen LogP contribution in [0.15, 0.2) is 79.3 Å². The van der Waals surface area contributed by atoms with Crippen molar-refractivity contribution in [3.8, 4) is 17.0 Å². The zero-order valence-corrected chi connectivity index (χ0v) is 22.2. The molecule has 0 fully saturated rings. The first kappa shape index (κ1) is 25.7. The molecule has 192 valence electrons. The minimum atomic E-state index is -1.65. The highest BCUT2D eigenvalue weighted by Gasteiger charge is 2.37. The largest absolute Gasteiger partial charge is 0.481 e. The summed E-state index contributed by atoms with van der Waals surface area (Å²) in [5.74, 6) is -0.168. The van der Waals surface area contributed by atoms with Gasteiger partial charge in [-0.25, -0.2) is 9.97 Å². The average Bonchev–Trinajstić information content (AvgIpc) is 3.34. The first-order chi connectivity index (χ1) is 18.2. The van der Waals surface area contributed by atoms with E-state index in [-0.39, 0.29) is 6.42 Å². The molecule has 0 spiro atoms. The van der Waals surface area contributed by atoms with Crippen molar-refractivity contribution < 1.29 is 14.6 Å². The Labute approximate surface area is 229 Å². The smallest absolute Gasteiger partial charge is 0.221 e. The van der Waals surface area contributed by atoms with Gasteiger partial charge in [-0.05, 0) is 64.2 Å². The summed E-state index contributed by atoms with van der Waals surface area (Å²) in [6.45, 7) is 0. The number of aliphatic hydroxyl groups is 1. The fraction of sp³-hybridized carbons (Fsp3) is 0.138. The topological polar surface area (TPSA) is 103 Å². The van der Waals surface area contributed by atoms with Gasteiger partial charge in [0.2, 0.25) is 11.8 Å². The second kappa shape index (κ2) is 10.1. The van der Waals surface area contributed by atoms with E-state index in [4.69, 9.17) is 33.7 Å². The molecule has 5 aromatic rings. The van der Waals surface area contributed by atoms with Crippen molar-refractivity contribution in [2.45, 2.75) is 12.0 Å². The van der Waals surface area contributed by atoms with Crippen LogP contribution >= 0.6 is 23.2 Å². The number of amides is 1. The molecule has 9 heteroatoms. The van der Waals surface area contributed by atoms with Crippen molar-refractivity contribution in [1.82, 2.24) is 14.5 Å².